The summed E-state index contributed by atoms with van der Waals surface area (Å²) in [7, 11) is 0. The average Bonchev–Trinajstić information content (AvgIpc) is 2.29. The van der Waals surface area contributed by atoms with Gasteiger partial charge in [-0.05, 0) is 46.0 Å². The molecule has 1 amide bonds. The van der Waals surface area contributed by atoms with Crippen LogP contribution in [0.4, 0.5) is 4.79 Å². The van der Waals surface area contributed by atoms with Crippen molar-refractivity contribution in [1.29, 1.82) is 0 Å². The van der Waals surface area contributed by atoms with E-state index in [1.54, 1.807) is 0 Å². The van der Waals surface area contributed by atoms with Gasteiger partial charge in [0, 0.05) is 18.6 Å². The smallest absolute Gasteiger partial charge is 0.407 e. The second-order valence-corrected chi connectivity index (χ2v) is 6.89. The van der Waals surface area contributed by atoms with E-state index in [2.05, 4.69) is 38.3 Å². The van der Waals surface area contributed by atoms with Gasteiger partial charge in [0.15, 0.2) is 0 Å². The number of hydrogen-bond donors (Lipinski definition) is 2. The summed E-state index contributed by atoms with van der Waals surface area (Å²) in [6, 6.07) is 0.812. The minimum absolute atomic E-state index is 0.299. The van der Waals surface area contributed by atoms with Gasteiger partial charge in [-0.3, -0.25) is 0 Å². The van der Waals surface area contributed by atoms with Gasteiger partial charge in [-0.25, -0.2) is 4.79 Å². The van der Waals surface area contributed by atoms with Crippen molar-refractivity contribution in [1.82, 2.24) is 10.6 Å². The Bertz CT molecular complexity index is 268. The molecule has 0 fully saturated rings. The lowest BCUT2D eigenvalue weighted by Crippen LogP contribution is -2.46. The van der Waals surface area contributed by atoms with E-state index in [9.17, 15) is 4.79 Å². The van der Waals surface area contributed by atoms with Gasteiger partial charge in [-0.15, -0.1) is 0 Å². The Morgan fingerprint density at radius 2 is 1.65 bits per heavy atom. The van der Waals surface area contributed by atoms with Crippen LogP contribution in [0, 0.1) is 5.92 Å². The number of hydrogen-bond acceptors (Lipinski definition) is 3. The third-order valence-corrected chi connectivity index (χ3v) is 3.10. The molecule has 1 unspecified atom stereocenters. The molecule has 0 aromatic rings. The van der Waals surface area contributed by atoms with Gasteiger partial charge in [-0.2, -0.15) is 0 Å². The van der Waals surface area contributed by atoms with E-state index in [1.807, 2.05) is 20.8 Å². The van der Waals surface area contributed by atoms with Crippen molar-refractivity contribution in [3.05, 3.63) is 0 Å². The van der Waals surface area contributed by atoms with Crippen LogP contribution >= 0.6 is 0 Å². The topological polar surface area (TPSA) is 50.4 Å². The van der Waals surface area contributed by atoms with Crippen molar-refractivity contribution < 1.29 is 9.53 Å². The number of amides is 1. The summed E-state index contributed by atoms with van der Waals surface area (Å²) in [6.45, 7) is 15.0. The molecule has 0 heterocycles. The summed E-state index contributed by atoms with van der Waals surface area (Å²) in [5.74, 6) is 0.599. The molecule has 0 aliphatic carbocycles. The quantitative estimate of drug-likeness (QED) is 0.715. The summed E-state index contributed by atoms with van der Waals surface area (Å²) >= 11 is 0. The number of carbonyl (C=O) groups excluding carboxylic acids is 1. The Morgan fingerprint density at radius 3 is 2.05 bits per heavy atom. The van der Waals surface area contributed by atoms with Crippen LogP contribution in [0.25, 0.3) is 0 Å². The SMILES string of the molecule is CCC(CC)NC(CNC(=O)OC(C)(C)C)CC(C)C. The lowest BCUT2D eigenvalue weighted by Gasteiger charge is -2.27. The minimum Gasteiger partial charge on any atom is -0.444 e. The highest BCUT2D eigenvalue weighted by atomic mass is 16.6. The molecule has 120 valence electrons. The van der Waals surface area contributed by atoms with Crippen LogP contribution in [-0.2, 0) is 4.74 Å². The molecular weight excluding hydrogens is 252 g/mol. The fourth-order valence-corrected chi connectivity index (χ4v) is 2.16. The van der Waals surface area contributed by atoms with Crippen LogP contribution in [0.3, 0.4) is 0 Å². The molecule has 0 saturated carbocycles. The van der Waals surface area contributed by atoms with Gasteiger partial charge in [-0.1, -0.05) is 27.7 Å². The number of ether oxygens (including phenoxy) is 1. The Morgan fingerprint density at radius 1 is 1.10 bits per heavy atom. The predicted molar refractivity (Wildman–Crippen MR) is 85.0 cm³/mol. The molecule has 0 aliphatic heterocycles. The zero-order valence-corrected chi connectivity index (χ0v) is 14.4. The molecule has 0 aromatic heterocycles. The van der Waals surface area contributed by atoms with Gasteiger partial charge < -0.3 is 15.4 Å². The van der Waals surface area contributed by atoms with Crippen molar-refractivity contribution in [2.24, 2.45) is 5.92 Å². The number of carbonyl (C=O) groups is 1. The Kier molecular flexibility index (Phi) is 8.86. The van der Waals surface area contributed by atoms with Crippen molar-refractivity contribution in [2.45, 2.75) is 85.4 Å². The van der Waals surface area contributed by atoms with Crippen molar-refractivity contribution in [3.63, 3.8) is 0 Å². The normalized spacial score (nSPS) is 13.7. The molecule has 0 spiro atoms. The molecule has 0 rings (SSSR count). The second-order valence-electron chi connectivity index (χ2n) is 6.89. The van der Waals surface area contributed by atoms with E-state index in [4.69, 9.17) is 4.74 Å². The summed E-state index contributed by atoms with van der Waals surface area (Å²) in [4.78, 5) is 11.7. The maximum Gasteiger partial charge on any atom is 0.407 e. The summed E-state index contributed by atoms with van der Waals surface area (Å²) in [5.41, 5.74) is -0.444. The van der Waals surface area contributed by atoms with Crippen LogP contribution in [0.5, 0.6) is 0 Å². The molecule has 4 heteroatoms. The maximum absolute atomic E-state index is 11.7. The van der Waals surface area contributed by atoms with Gasteiger partial charge in [0.2, 0.25) is 0 Å². The molecule has 0 saturated heterocycles. The van der Waals surface area contributed by atoms with E-state index in [1.165, 1.54) is 0 Å². The third-order valence-electron chi connectivity index (χ3n) is 3.10. The summed E-state index contributed by atoms with van der Waals surface area (Å²) in [6.07, 6.45) is 2.93. The zero-order chi connectivity index (χ0) is 15.8. The Labute approximate surface area is 125 Å². The van der Waals surface area contributed by atoms with E-state index in [0.29, 0.717) is 24.5 Å². The second kappa shape index (κ2) is 9.22. The van der Waals surface area contributed by atoms with Crippen molar-refractivity contribution >= 4 is 6.09 Å². The molecule has 1 atom stereocenters. The third kappa shape index (κ3) is 10.1. The standard InChI is InChI=1S/C16H34N2O2/c1-8-13(9-2)18-14(10-12(3)4)11-17-15(19)20-16(5,6)7/h12-14,18H,8-11H2,1-7H3,(H,17,19). The fraction of sp³-hybridized carbons (Fsp3) is 0.938. The molecular formula is C16H34N2O2. The monoisotopic (exact) mass is 286 g/mol. The maximum atomic E-state index is 11.7. The molecule has 0 aromatic carbocycles. The molecule has 20 heavy (non-hydrogen) atoms. The first kappa shape index (κ1) is 19.2. The highest BCUT2D eigenvalue weighted by Gasteiger charge is 2.19. The largest absolute Gasteiger partial charge is 0.444 e. The zero-order valence-electron chi connectivity index (χ0n) is 14.4. The molecule has 4 nitrogen and oxygen atoms in total. The van der Waals surface area contributed by atoms with Gasteiger partial charge >= 0.3 is 6.09 Å². The van der Waals surface area contributed by atoms with Gasteiger partial charge in [0.05, 0.1) is 0 Å². The minimum atomic E-state index is -0.444. The van der Waals surface area contributed by atoms with Crippen LogP contribution in [0.15, 0.2) is 0 Å². The molecule has 0 radical (unpaired) electrons. The van der Waals surface area contributed by atoms with E-state index < -0.39 is 5.60 Å². The average molecular weight is 286 g/mol. The lowest BCUT2D eigenvalue weighted by atomic mass is 10.0. The van der Waals surface area contributed by atoms with Crippen LogP contribution in [-0.4, -0.2) is 30.3 Å². The first-order chi connectivity index (χ1) is 9.17. The van der Waals surface area contributed by atoms with E-state index in [-0.39, 0.29) is 6.09 Å². The van der Waals surface area contributed by atoms with Crippen LogP contribution in [0.2, 0.25) is 0 Å². The van der Waals surface area contributed by atoms with E-state index in [0.717, 1.165) is 19.3 Å². The summed E-state index contributed by atoms with van der Waals surface area (Å²) in [5, 5.41) is 6.51. The van der Waals surface area contributed by atoms with Crippen LogP contribution in [0.1, 0.15) is 67.7 Å². The number of nitrogens with one attached hydrogen (secondary N) is 2. The van der Waals surface area contributed by atoms with Crippen molar-refractivity contribution in [2.75, 3.05) is 6.54 Å². The van der Waals surface area contributed by atoms with Crippen LogP contribution < -0.4 is 10.6 Å². The highest BCUT2D eigenvalue weighted by molar-refractivity contribution is 5.67. The first-order valence-corrected chi connectivity index (χ1v) is 7.90. The predicted octanol–water partition coefficient (Wildman–Crippen LogP) is 3.70. The molecule has 2 N–H and O–H groups in total. The number of rotatable bonds is 8. The first-order valence-electron chi connectivity index (χ1n) is 7.90. The molecule has 0 bridgehead atoms. The fourth-order valence-electron chi connectivity index (χ4n) is 2.16. The van der Waals surface area contributed by atoms with Crippen molar-refractivity contribution in [3.8, 4) is 0 Å². The number of alkyl carbamates (subject to hydrolysis) is 1. The molecule has 0 aliphatic rings. The Balaban J connectivity index is 4.32. The van der Waals surface area contributed by atoms with Gasteiger partial charge in [0.25, 0.3) is 0 Å². The Hall–Kier alpha value is -0.770. The van der Waals surface area contributed by atoms with Gasteiger partial charge in [0.1, 0.15) is 5.60 Å². The summed E-state index contributed by atoms with van der Waals surface area (Å²) < 4.78 is 5.27. The lowest BCUT2D eigenvalue weighted by molar-refractivity contribution is 0.0520. The highest BCUT2D eigenvalue weighted by Crippen LogP contribution is 2.09. The van der Waals surface area contributed by atoms with E-state index >= 15 is 0 Å².